The van der Waals surface area contributed by atoms with E-state index in [1.54, 1.807) is 6.07 Å². The molecule has 0 aliphatic heterocycles. The molecule has 0 aliphatic carbocycles. The van der Waals surface area contributed by atoms with Crippen molar-refractivity contribution in [1.82, 2.24) is 10.0 Å². The highest BCUT2D eigenvalue weighted by Crippen LogP contribution is 2.19. The van der Waals surface area contributed by atoms with Gasteiger partial charge in [-0.2, -0.15) is 0 Å². The van der Waals surface area contributed by atoms with E-state index in [1.165, 1.54) is 18.2 Å². The summed E-state index contributed by atoms with van der Waals surface area (Å²) in [6, 6.07) is 5.16. The summed E-state index contributed by atoms with van der Waals surface area (Å²) in [4.78, 5) is 11.1. The maximum Gasteiger partial charge on any atom is 0.328 e. The Morgan fingerprint density at radius 3 is 2.59 bits per heavy atom. The van der Waals surface area contributed by atoms with Crippen LogP contribution in [0.2, 0.25) is 5.02 Å². The standard InChI is InChI=1S/C10H13ClN2O3S/c1-2-7-12-10(14)13-17(15,16)9-6-4-3-5-8(9)11/h3-6H,2,7H2,1H3,(H2,12,13,14). The lowest BCUT2D eigenvalue weighted by molar-refractivity contribution is 0.246. The minimum absolute atomic E-state index is 0.0725. The Kier molecular flexibility index (Phi) is 4.77. The molecule has 0 heterocycles. The zero-order chi connectivity index (χ0) is 12.9. The van der Waals surface area contributed by atoms with Crippen molar-refractivity contribution in [2.24, 2.45) is 0 Å². The van der Waals surface area contributed by atoms with Crippen LogP contribution in [0.15, 0.2) is 29.2 Å². The van der Waals surface area contributed by atoms with E-state index in [2.05, 4.69) is 5.32 Å². The monoisotopic (exact) mass is 276 g/mol. The number of carbonyl (C=O) groups is 1. The van der Waals surface area contributed by atoms with Gasteiger partial charge < -0.3 is 5.32 Å². The van der Waals surface area contributed by atoms with E-state index < -0.39 is 16.1 Å². The van der Waals surface area contributed by atoms with Gasteiger partial charge in [0, 0.05) is 6.54 Å². The fraction of sp³-hybridized carbons (Fsp3) is 0.300. The first-order valence-electron chi connectivity index (χ1n) is 5.02. The summed E-state index contributed by atoms with van der Waals surface area (Å²) >= 11 is 5.75. The predicted octanol–water partition coefficient (Wildman–Crippen LogP) is 1.74. The number of benzene rings is 1. The molecule has 0 fully saturated rings. The molecule has 0 spiro atoms. The third kappa shape index (κ3) is 3.90. The van der Waals surface area contributed by atoms with Crippen molar-refractivity contribution in [3.8, 4) is 0 Å². The van der Waals surface area contributed by atoms with Crippen molar-refractivity contribution in [1.29, 1.82) is 0 Å². The number of carbonyl (C=O) groups excluding carboxylic acids is 1. The first kappa shape index (κ1) is 13.8. The number of sulfonamides is 1. The molecule has 0 atom stereocenters. The molecule has 0 unspecified atom stereocenters. The smallest absolute Gasteiger partial charge is 0.328 e. The van der Waals surface area contributed by atoms with Gasteiger partial charge in [0.05, 0.1) is 5.02 Å². The minimum Gasteiger partial charge on any atom is -0.337 e. The van der Waals surface area contributed by atoms with Crippen LogP contribution in [0, 0.1) is 0 Å². The van der Waals surface area contributed by atoms with Gasteiger partial charge in [0.2, 0.25) is 0 Å². The highest BCUT2D eigenvalue weighted by Gasteiger charge is 2.19. The van der Waals surface area contributed by atoms with E-state index in [1.807, 2.05) is 11.6 Å². The molecule has 1 rings (SSSR count). The summed E-state index contributed by atoms with van der Waals surface area (Å²) in [5.74, 6) is 0. The van der Waals surface area contributed by atoms with Crippen molar-refractivity contribution < 1.29 is 13.2 Å². The van der Waals surface area contributed by atoms with Gasteiger partial charge in [0.25, 0.3) is 10.0 Å². The molecule has 1 aromatic rings. The van der Waals surface area contributed by atoms with Crippen molar-refractivity contribution in [2.45, 2.75) is 18.2 Å². The number of hydrogen-bond donors (Lipinski definition) is 2. The Balaban J connectivity index is 2.83. The predicted molar refractivity (Wildman–Crippen MR) is 65.5 cm³/mol. The first-order valence-corrected chi connectivity index (χ1v) is 6.88. The first-order chi connectivity index (χ1) is 7.97. The lowest BCUT2D eigenvalue weighted by atomic mass is 10.4. The number of rotatable bonds is 4. The van der Waals surface area contributed by atoms with Crippen LogP contribution in [0.25, 0.3) is 0 Å². The van der Waals surface area contributed by atoms with Gasteiger partial charge in [-0.3, -0.25) is 0 Å². The molecule has 0 aliphatic rings. The summed E-state index contributed by atoms with van der Waals surface area (Å²) in [6.07, 6.45) is 0.722. The van der Waals surface area contributed by atoms with Crippen LogP contribution < -0.4 is 10.0 Å². The summed E-state index contributed by atoms with van der Waals surface area (Å²) < 4.78 is 25.4. The van der Waals surface area contributed by atoms with Gasteiger partial charge in [-0.25, -0.2) is 17.9 Å². The third-order valence-corrected chi connectivity index (χ3v) is 3.72. The van der Waals surface area contributed by atoms with Gasteiger partial charge in [0.1, 0.15) is 4.90 Å². The van der Waals surface area contributed by atoms with Gasteiger partial charge in [-0.05, 0) is 18.6 Å². The van der Waals surface area contributed by atoms with Crippen molar-refractivity contribution >= 4 is 27.7 Å². The zero-order valence-electron chi connectivity index (χ0n) is 9.23. The van der Waals surface area contributed by atoms with Crippen molar-refractivity contribution in [2.75, 3.05) is 6.54 Å². The molecule has 0 bridgehead atoms. The maximum absolute atomic E-state index is 11.8. The SMILES string of the molecule is CCCNC(=O)NS(=O)(=O)c1ccccc1Cl. The molecule has 2 amide bonds. The van der Waals surface area contributed by atoms with E-state index in [-0.39, 0.29) is 9.92 Å². The van der Waals surface area contributed by atoms with E-state index in [0.29, 0.717) is 6.54 Å². The molecule has 94 valence electrons. The molecule has 0 radical (unpaired) electrons. The largest absolute Gasteiger partial charge is 0.337 e. The topological polar surface area (TPSA) is 75.3 Å². The maximum atomic E-state index is 11.8. The van der Waals surface area contributed by atoms with Crippen LogP contribution in [0.1, 0.15) is 13.3 Å². The normalized spacial score (nSPS) is 10.9. The van der Waals surface area contributed by atoms with Gasteiger partial charge in [-0.1, -0.05) is 30.7 Å². The Bertz CT molecular complexity index is 502. The fourth-order valence-electron chi connectivity index (χ4n) is 1.11. The van der Waals surface area contributed by atoms with Gasteiger partial charge >= 0.3 is 6.03 Å². The number of nitrogens with one attached hydrogen (secondary N) is 2. The molecule has 1 aromatic carbocycles. The summed E-state index contributed by atoms with van der Waals surface area (Å²) in [6.45, 7) is 2.27. The average Bonchev–Trinajstić information content (AvgIpc) is 2.26. The molecule has 0 aromatic heterocycles. The second-order valence-corrected chi connectivity index (χ2v) is 5.35. The van der Waals surface area contributed by atoms with Crippen LogP contribution in [0.5, 0.6) is 0 Å². The van der Waals surface area contributed by atoms with Gasteiger partial charge in [0.15, 0.2) is 0 Å². The van der Waals surface area contributed by atoms with Crippen LogP contribution in [0.3, 0.4) is 0 Å². The average molecular weight is 277 g/mol. The van der Waals surface area contributed by atoms with E-state index >= 15 is 0 Å². The second kappa shape index (κ2) is 5.88. The molecular formula is C10H13ClN2O3S. The molecule has 0 saturated heterocycles. The summed E-state index contributed by atoms with van der Waals surface area (Å²) in [5, 5.41) is 2.48. The quantitative estimate of drug-likeness (QED) is 0.879. The van der Waals surface area contributed by atoms with E-state index in [9.17, 15) is 13.2 Å². The number of urea groups is 1. The number of amides is 2. The minimum atomic E-state index is -3.91. The molecular weight excluding hydrogens is 264 g/mol. The fourth-order valence-corrected chi connectivity index (χ4v) is 2.56. The lowest BCUT2D eigenvalue weighted by Crippen LogP contribution is -2.39. The molecule has 17 heavy (non-hydrogen) atoms. The van der Waals surface area contributed by atoms with E-state index in [4.69, 9.17) is 11.6 Å². The van der Waals surface area contributed by atoms with Crippen molar-refractivity contribution in [3.63, 3.8) is 0 Å². The zero-order valence-corrected chi connectivity index (χ0v) is 10.8. The Morgan fingerprint density at radius 1 is 1.35 bits per heavy atom. The summed E-state index contributed by atoms with van der Waals surface area (Å²) in [5.41, 5.74) is 0. The van der Waals surface area contributed by atoms with Gasteiger partial charge in [-0.15, -0.1) is 0 Å². The number of halogens is 1. The third-order valence-electron chi connectivity index (χ3n) is 1.89. The summed E-state index contributed by atoms with van der Waals surface area (Å²) in [7, 11) is -3.91. The van der Waals surface area contributed by atoms with E-state index in [0.717, 1.165) is 6.42 Å². The Hall–Kier alpha value is -1.27. The molecule has 7 heteroatoms. The number of hydrogen-bond acceptors (Lipinski definition) is 3. The molecule has 0 saturated carbocycles. The highest BCUT2D eigenvalue weighted by atomic mass is 35.5. The van der Waals surface area contributed by atoms with Crippen molar-refractivity contribution in [3.05, 3.63) is 29.3 Å². The second-order valence-electron chi connectivity index (χ2n) is 3.29. The van der Waals surface area contributed by atoms with Crippen LogP contribution in [-0.4, -0.2) is 21.0 Å². The Labute approximate surface area is 105 Å². The Morgan fingerprint density at radius 2 is 2.00 bits per heavy atom. The van der Waals surface area contributed by atoms with Crippen LogP contribution in [0.4, 0.5) is 4.79 Å². The lowest BCUT2D eigenvalue weighted by Gasteiger charge is -2.08. The molecule has 2 N–H and O–H groups in total. The van der Waals surface area contributed by atoms with Crippen LogP contribution >= 0.6 is 11.6 Å². The van der Waals surface area contributed by atoms with Crippen LogP contribution in [-0.2, 0) is 10.0 Å². The molecule has 5 nitrogen and oxygen atoms in total. The highest BCUT2D eigenvalue weighted by molar-refractivity contribution is 7.90.